The molecular weight excluding hydrogens is 282 g/mol. The number of anilines is 1. The number of hydrogen-bond donors (Lipinski definition) is 0. The predicted molar refractivity (Wildman–Crippen MR) is 73.1 cm³/mol. The summed E-state index contributed by atoms with van der Waals surface area (Å²) in [5.74, 6) is 0.927. The van der Waals surface area contributed by atoms with E-state index in [1.807, 2.05) is 42.8 Å². The molecule has 1 amide bonds. The standard InChI is InChI=1S/C12H18BrN3O/c1-4-16(5-2)12(17)9-15(3)11-7-6-10(13)8-14-11/h6-8H,4-5,9H2,1-3H3. The Hall–Kier alpha value is -1.10. The molecule has 0 aliphatic carbocycles. The molecule has 1 rings (SSSR count). The van der Waals surface area contributed by atoms with Crippen LogP contribution in [0.25, 0.3) is 0 Å². The molecule has 0 N–H and O–H groups in total. The van der Waals surface area contributed by atoms with Gasteiger partial charge >= 0.3 is 0 Å². The lowest BCUT2D eigenvalue weighted by molar-refractivity contribution is -0.129. The third kappa shape index (κ3) is 4.00. The molecule has 1 aromatic heterocycles. The fourth-order valence-corrected chi connectivity index (χ4v) is 1.79. The van der Waals surface area contributed by atoms with Gasteiger partial charge in [0, 0.05) is 30.8 Å². The molecule has 0 atom stereocenters. The lowest BCUT2D eigenvalue weighted by Crippen LogP contribution is -2.39. The molecule has 5 heteroatoms. The molecule has 0 radical (unpaired) electrons. The highest BCUT2D eigenvalue weighted by atomic mass is 79.9. The molecule has 0 aliphatic heterocycles. The van der Waals surface area contributed by atoms with Crippen LogP contribution in [0.5, 0.6) is 0 Å². The van der Waals surface area contributed by atoms with Crippen LogP contribution in [-0.2, 0) is 4.79 Å². The first-order chi connectivity index (χ1) is 8.08. The van der Waals surface area contributed by atoms with Crippen LogP contribution in [0.1, 0.15) is 13.8 Å². The maximum Gasteiger partial charge on any atom is 0.242 e. The molecule has 0 spiro atoms. The van der Waals surface area contributed by atoms with Crippen LogP contribution in [0, 0.1) is 0 Å². The first kappa shape index (κ1) is 14.0. The average molecular weight is 300 g/mol. The lowest BCUT2D eigenvalue weighted by Gasteiger charge is -2.23. The highest BCUT2D eigenvalue weighted by Crippen LogP contribution is 2.13. The lowest BCUT2D eigenvalue weighted by atomic mass is 10.4. The van der Waals surface area contributed by atoms with Gasteiger partial charge in [0.05, 0.1) is 6.54 Å². The van der Waals surface area contributed by atoms with E-state index in [0.29, 0.717) is 6.54 Å². The highest BCUT2D eigenvalue weighted by Gasteiger charge is 2.13. The molecule has 4 nitrogen and oxygen atoms in total. The summed E-state index contributed by atoms with van der Waals surface area (Å²) >= 11 is 3.33. The van der Waals surface area contributed by atoms with Crippen molar-refractivity contribution in [1.82, 2.24) is 9.88 Å². The maximum absolute atomic E-state index is 11.9. The van der Waals surface area contributed by atoms with E-state index in [9.17, 15) is 4.79 Å². The smallest absolute Gasteiger partial charge is 0.242 e. The van der Waals surface area contributed by atoms with Gasteiger partial charge in [0.2, 0.25) is 5.91 Å². The minimum Gasteiger partial charge on any atom is -0.350 e. The monoisotopic (exact) mass is 299 g/mol. The Labute approximate surface area is 111 Å². The van der Waals surface area contributed by atoms with Gasteiger partial charge in [-0.2, -0.15) is 0 Å². The first-order valence-electron chi connectivity index (χ1n) is 5.69. The minimum atomic E-state index is 0.127. The number of pyridine rings is 1. The molecule has 17 heavy (non-hydrogen) atoms. The third-order valence-corrected chi connectivity index (χ3v) is 3.06. The van der Waals surface area contributed by atoms with E-state index >= 15 is 0 Å². The van der Waals surface area contributed by atoms with Crippen LogP contribution in [0.15, 0.2) is 22.8 Å². The minimum absolute atomic E-state index is 0.127. The number of hydrogen-bond acceptors (Lipinski definition) is 3. The zero-order chi connectivity index (χ0) is 12.8. The van der Waals surface area contributed by atoms with Crippen molar-refractivity contribution in [3.8, 4) is 0 Å². The molecule has 0 bridgehead atoms. The molecule has 0 aromatic carbocycles. The Morgan fingerprint density at radius 2 is 2.00 bits per heavy atom. The molecule has 0 aliphatic rings. The number of halogens is 1. The number of aromatic nitrogens is 1. The summed E-state index contributed by atoms with van der Waals surface area (Å²) in [4.78, 5) is 19.8. The summed E-state index contributed by atoms with van der Waals surface area (Å²) in [6, 6.07) is 3.81. The Balaban J connectivity index is 2.62. The number of amides is 1. The second-order valence-corrected chi connectivity index (χ2v) is 4.67. The van der Waals surface area contributed by atoms with Crippen molar-refractivity contribution in [2.24, 2.45) is 0 Å². The van der Waals surface area contributed by atoms with E-state index in [4.69, 9.17) is 0 Å². The van der Waals surface area contributed by atoms with Crippen molar-refractivity contribution >= 4 is 27.7 Å². The molecule has 0 unspecified atom stereocenters. The van der Waals surface area contributed by atoms with E-state index in [2.05, 4.69) is 20.9 Å². The fraction of sp³-hybridized carbons (Fsp3) is 0.500. The van der Waals surface area contributed by atoms with Crippen molar-refractivity contribution in [2.75, 3.05) is 31.6 Å². The molecule has 94 valence electrons. The maximum atomic E-state index is 11.9. The van der Waals surface area contributed by atoms with Crippen molar-refractivity contribution in [1.29, 1.82) is 0 Å². The summed E-state index contributed by atoms with van der Waals surface area (Å²) in [5.41, 5.74) is 0. The number of carbonyl (C=O) groups excluding carboxylic acids is 1. The zero-order valence-corrected chi connectivity index (χ0v) is 12.1. The summed E-state index contributed by atoms with van der Waals surface area (Å²) in [6.07, 6.45) is 1.73. The molecular formula is C12H18BrN3O. The van der Waals surface area contributed by atoms with E-state index < -0.39 is 0 Å². The summed E-state index contributed by atoms with van der Waals surface area (Å²) < 4.78 is 0.935. The summed E-state index contributed by atoms with van der Waals surface area (Å²) in [6.45, 7) is 5.82. The van der Waals surface area contributed by atoms with Crippen LogP contribution in [0.2, 0.25) is 0 Å². The van der Waals surface area contributed by atoms with Crippen molar-refractivity contribution < 1.29 is 4.79 Å². The Bertz CT molecular complexity index is 363. The van der Waals surface area contributed by atoms with Crippen LogP contribution in [-0.4, -0.2) is 42.5 Å². The number of nitrogens with zero attached hydrogens (tertiary/aromatic N) is 3. The van der Waals surface area contributed by atoms with Gasteiger partial charge < -0.3 is 9.80 Å². The quantitative estimate of drug-likeness (QED) is 0.836. The predicted octanol–water partition coefficient (Wildman–Crippen LogP) is 2.15. The highest BCUT2D eigenvalue weighted by molar-refractivity contribution is 9.10. The van der Waals surface area contributed by atoms with Crippen molar-refractivity contribution in [3.05, 3.63) is 22.8 Å². The second kappa shape index (κ2) is 6.59. The van der Waals surface area contributed by atoms with Crippen LogP contribution < -0.4 is 4.90 Å². The average Bonchev–Trinajstić information content (AvgIpc) is 2.31. The SMILES string of the molecule is CCN(CC)C(=O)CN(C)c1ccc(Br)cn1. The topological polar surface area (TPSA) is 36.4 Å². The van der Waals surface area contributed by atoms with Gasteiger partial charge in [0.1, 0.15) is 5.82 Å². The zero-order valence-electron chi connectivity index (χ0n) is 10.5. The van der Waals surface area contributed by atoms with Crippen LogP contribution >= 0.6 is 15.9 Å². The molecule has 0 fully saturated rings. The second-order valence-electron chi connectivity index (χ2n) is 3.76. The molecule has 0 saturated carbocycles. The van der Waals surface area contributed by atoms with Gasteiger partial charge in [-0.15, -0.1) is 0 Å². The van der Waals surface area contributed by atoms with Crippen molar-refractivity contribution in [3.63, 3.8) is 0 Å². The van der Waals surface area contributed by atoms with Gasteiger partial charge in [0.15, 0.2) is 0 Å². The molecule has 1 aromatic rings. The van der Waals surface area contributed by atoms with Gasteiger partial charge in [-0.25, -0.2) is 4.98 Å². The number of carbonyl (C=O) groups is 1. The van der Waals surface area contributed by atoms with Gasteiger partial charge in [-0.3, -0.25) is 4.79 Å². The molecule has 1 heterocycles. The first-order valence-corrected chi connectivity index (χ1v) is 6.48. The van der Waals surface area contributed by atoms with Gasteiger partial charge in [-0.1, -0.05) is 0 Å². The largest absolute Gasteiger partial charge is 0.350 e. The van der Waals surface area contributed by atoms with Crippen molar-refractivity contribution in [2.45, 2.75) is 13.8 Å². The normalized spacial score (nSPS) is 10.1. The third-order valence-electron chi connectivity index (χ3n) is 2.59. The van der Waals surface area contributed by atoms with Crippen LogP contribution in [0.3, 0.4) is 0 Å². The Morgan fingerprint density at radius 3 is 2.47 bits per heavy atom. The van der Waals surface area contributed by atoms with Gasteiger partial charge in [0.25, 0.3) is 0 Å². The number of rotatable bonds is 5. The Kier molecular flexibility index (Phi) is 5.41. The molecule has 0 saturated heterocycles. The fourth-order valence-electron chi connectivity index (χ4n) is 1.55. The Morgan fingerprint density at radius 1 is 1.35 bits per heavy atom. The van der Waals surface area contributed by atoms with E-state index in [1.165, 1.54) is 0 Å². The van der Waals surface area contributed by atoms with E-state index in [-0.39, 0.29) is 5.91 Å². The summed E-state index contributed by atoms with van der Waals surface area (Å²) in [5, 5.41) is 0. The summed E-state index contributed by atoms with van der Waals surface area (Å²) in [7, 11) is 1.87. The van der Waals surface area contributed by atoms with E-state index in [0.717, 1.165) is 23.4 Å². The van der Waals surface area contributed by atoms with E-state index in [1.54, 1.807) is 6.20 Å². The number of likely N-dealkylation sites (N-methyl/N-ethyl adjacent to an activating group) is 2. The van der Waals surface area contributed by atoms with Gasteiger partial charge in [-0.05, 0) is 41.9 Å². The van der Waals surface area contributed by atoms with Crippen LogP contribution in [0.4, 0.5) is 5.82 Å².